The van der Waals surface area contributed by atoms with E-state index >= 15 is 0 Å². The van der Waals surface area contributed by atoms with E-state index in [0.717, 1.165) is 5.56 Å². The summed E-state index contributed by atoms with van der Waals surface area (Å²) in [5.41, 5.74) is 1.71. The van der Waals surface area contributed by atoms with Crippen molar-refractivity contribution < 1.29 is 9.72 Å². The van der Waals surface area contributed by atoms with Gasteiger partial charge in [0.25, 0.3) is 5.69 Å². The molecule has 0 aliphatic carbocycles. The minimum Gasteiger partial charge on any atom is -0.298 e. The van der Waals surface area contributed by atoms with E-state index in [4.69, 9.17) is 0 Å². The van der Waals surface area contributed by atoms with Gasteiger partial charge in [0, 0.05) is 17.2 Å². The number of aryl methyl sites for hydroxylation is 1. The molecule has 0 heterocycles. The van der Waals surface area contributed by atoms with Crippen LogP contribution in [0, 0.1) is 24.0 Å². The number of aldehydes is 1. The molecule has 1 rings (SSSR count). The number of rotatable bonds is 2. The molecule has 0 N–H and O–H groups in total. The number of nitro benzene ring substituents is 1. The van der Waals surface area contributed by atoms with Gasteiger partial charge in [-0.25, -0.2) is 0 Å². The van der Waals surface area contributed by atoms with Crippen molar-refractivity contribution >= 4 is 12.0 Å². The molecule has 0 atom stereocenters. The van der Waals surface area contributed by atoms with Crippen LogP contribution in [0.25, 0.3) is 0 Å². The highest BCUT2D eigenvalue weighted by Gasteiger charge is 2.13. The van der Waals surface area contributed by atoms with Crippen molar-refractivity contribution in [2.45, 2.75) is 13.8 Å². The molecule has 13 heavy (non-hydrogen) atoms. The van der Waals surface area contributed by atoms with Crippen molar-refractivity contribution in [2.75, 3.05) is 0 Å². The van der Waals surface area contributed by atoms with Gasteiger partial charge in [0.1, 0.15) is 6.29 Å². The van der Waals surface area contributed by atoms with Crippen LogP contribution in [0.15, 0.2) is 12.1 Å². The second-order valence-electron chi connectivity index (χ2n) is 2.86. The summed E-state index contributed by atoms with van der Waals surface area (Å²) in [5, 5.41) is 10.5. The maximum atomic E-state index is 10.5. The molecule has 0 bridgehead atoms. The minimum absolute atomic E-state index is 0.00194. The third-order valence-corrected chi connectivity index (χ3v) is 2.00. The monoisotopic (exact) mass is 179 g/mol. The number of nitro groups is 1. The first-order chi connectivity index (χ1) is 6.06. The molecule has 0 spiro atoms. The first-order valence-corrected chi connectivity index (χ1v) is 3.77. The number of nitrogens with zero attached hydrogens (tertiary/aromatic N) is 1. The maximum absolute atomic E-state index is 10.5. The largest absolute Gasteiger partial charge is 0.298 e. The third-order valence-electron chi connectivity index (χ3n) is 2.00. The molecule has 4 nitrogen and oxygen atoms in total. The van der Waals surface area contributed by atoms with Gasteiger partial charge in [-0.1, -0.05) is 0 Å². The first-order valence-electron chi connectivity index (χ1n) is 3.77. The SMILES string of the molecule is Cc1cc(C=O)cc([N+](=O)[O-])c1C. The Bertz CT molecular complexity index is 371. The van der Waals surface area contributed by atoms with Crippen LogP contribution in [0.5, 0.6) is 0 Å². The summed E-state index contributed by atoms with van der Waals surface area (Å²) in [6, 6.07) is 2.92. The lowest BCUT2D eigenvalue weighted by molar-refractivity contribution is -0.385. The number of carbonyl (C=O) groups is 1. The van der Waals surface area contributed by atoms with E-state index in [0.29, 0.717) is 17.4 Å². The van der Waals surface area contributed by atoms with Crippen molar-refractivity contribution in [3.63, 3.8) is 0 Å². The van der Waals surface area contributed by atoms with Crippen molar-refractivity contribution in [3.05, 3.63) is 38.9 Å². The summed E-state index contributed by atoms with van der Waals surface area (Å²) >= 11 is 0. The van der Waals surface area contributed by atoms with Gasteiger partial charge in [0.2, 0.25) is 0 Å². The molecule has 0 saturated heterocycles. The summed E-state index contributed by atoms with van der Waals surface area (Å²) in [5.74, 6) is 0. The molecule has 0 saturated carbocycles. The average Bonchev–Trinajstić information content (AvgIpc) is 2.09. The molecule has 1 aromatic rings. The van der Waals surface area contributed by atoms with Gasteiger partial charge in [-0.3, -0.25) is 14.9 Å². The van der Waals surface area contributed by atoms with Crippen LogP contribution in [-0.2, 0) is 0 Å². The van der Waals surface area contributed by atoms with E-state index in [1.54, 1.807) is 19.9 Å². The van der Waals surface area contributed by atoms with Crippen LogP contribution in [0.4, 0.5) is 5.69 Å². The smallest absolute Gasteiger partial charge is 0.273 e. The van der Waals surface area contributed by atoms with Crippen molar-refractivity contribution in [1.29, 1.82) is 0 Å². The van der Waals surface area contributed by atoms with Crippen LogP contribution < -0.4 is 0 Å². The Morgan fingerprint density at radius 1 is 1.38 bits per heavy atom. The Labute approximate surface area is 75.3 Å². The molecular weight excluding hydrogens is 170 g/mol. The van der Waals surface area contributed by atoms with E-state index in [2.05, 4.69) is 0 Å². The van der Waals surface area contributed by atoms with Gasteiger partial charge < -0.3 is 0 Å². The molecule has 0 unspecified atom stereocenters. The number of benzene rings is 1. The summed E-state index contributed by atoms with van der Waals surface area (Å²) in [6.45, 7) is 3.41. The summed E-state index contributed by atoms with van der Waals surface area (Å²) in [7, 11) is 0. The van der Waals surface area contributed by atoms with Crippen molar-refractivity contribution in [2.24, 2.45) is 0 Å². The zero-order valence-electron chi connectivity index (χ0n) is 7.40. The second-order valence-corrected chi connectivity index (χ2v) is 2.86. The van der Waals surface area contributed by atoms with E-state index in [1.807, 2.05) is 0 Å². The number of hydrogen-bond donors (Lipinski definition) is 0. The van der Waals surface area contributed by atoms with Gasteiger partial charge in [0.05, 0.1) is 4.92 Å². The molecule has 0 fully saturated rings. The van der Waals surface area contributed by atoms with Crippen LogP contribution in [0.1, 0.15) is 21.5 Å². The van der Waals surface area contributed by atoms with E-state index < -0.39 is 4.92 Å². The molecule has 0 aromatic heterocycles. The van der Waals surface area contributed by atoms with Gasteiger partial charge >= 0.3 is 0 Å². The lowest BCUT2D eigenvalue weighted by Crippen LogP contribution is -1.96. The minimum atomic E-state index is -0.477. The highest BCUT2D eigenvalue weighted by molar-refractivity contribution is 5.77. The number of hydrogen-bond acceptors (Lipinski definition) is 3. The van der Waals surface area contributed by atoms with Crippen LogP contribution >= 0.6 is 0 Å². The lowest BCUT2D eigenvalue weighted by atomic mass is 10.0. The highest BCUT2D eigenvalue weighted by Crippen LogP contribution is 2.22. The molecular formula is C9H9NO3. The van der Waals surface area contributed by atoms with Crippen LogP contribution in [0.2, 0.25) is 0 Å². The van der Waals surface area contributed by atoms with Gasteiger partial charge in [0.15, 0.2) is 0 Å². The topological polar surface area (TPSA) is 60.2 Å². The normalized spacial score (nSPS) is 9.69. The fourth-order valence-electron chi connectivity index (χ4n) is 1.13. The van der Waals surface area contributed by atoms with Crippen LogP contribution in [0.3, 0.4) is 0 Å². The third kappa shape index (κ3) is 1.72. The zero-order valence-corrected chi connectivity index (χ0v) is 7.40. The first kappa shape index (κ1) is 9.38. The summed E-state index contributed by atoms with van der Waals surface area (Å²) in [4.78, 5) is 20.5. The maximum Gasteiger partial charge on any atom is 0.273 e. The Hall–Kier alpha value is -1.71. The molecule has 0 aliphatic heterocycles. The molecule has 0 aliphatic rings. The standard InChI is InChI=1S/C9H9NO3/c1-6-3-8(5-11)4-9(7(6)2)10(12)13/h3-5H,1-2H3. The van der Waals surface area contributed by atoms with E-state index in [9.17, 15) is 14.9 Å². The van der Waals surface area contributed by atoms with Crippen molar-refractivity contribution in [3.8, 4) is 0 Å². The van der Waals surface area contributed by atoms with Crippen molar-refractivity contribution in [1.82, 2.24) is 0 Å². The fraction of sp³-hybridized carbons (Fsp3) is 0.222. The average molecular weight is 179 g/mol. The highest BCUT2D eigenvalue weighted by atomic mass is 16.6. The van der Waals surface area contributed by atoms with Gasteiger partial charge in [-0.05, 0) is 25.5 Å². The second kappa shape index (κ2) is 3.35. The predicted octanol–water partition coefficient (Wildman–Crippen LogP) is 2.02. The Morgan fingerprint density at radius 3 is 2.46 bits per heavy atom. The summed E-state index contributed by atoms with van der Waals surface area (Å²) < 4.78 is 0. The lowest BCUT2D eigenvalue weighted by Gasteiger charge is -2.01. The van der Waals surface area contributed by atoms with E-state index in [1.165, 1.54) is 6.07 Å². The molecule has 0 radical (unpaired) electrons. The Morgan fingerprint density at radius 2 is 2.00 bits per heavy atom. The molecule has 4 heteroatoms. The quantitative estimate of drug-likeness (QED) is 0.396. The fourth-order valence-corrected chi connectivity index (χ4v) is 1.13. The predicted molar refractivity (Wildman–Crippen MR) is 48.0 cm³/mol. The Kier molecular flexibility index (Phi) is 2.41. The molecule has 0 amide bonds. The van der Waals surface area contributed by atoms with E-state index in [-0.39, 0.29) is 5.69 Å². The Balaban J connectivity index is 3.41. The van der Waals surface area contributed by atoms with Gasteiger partial charge in [-0.2, -0.15) is 0 Å². The summed E-state index contributed by atoms with van der Waals surface area (Å²) in [6.07, 6.45) is 0.611. The molecule has 1 aromatic carbocycles. The zero-order chi connectivity index (χ0) is 10.0. The number of carbonyl (C=O) groups excluding carboxylic acids is 1. The van der Waals surface area contributed by atoms with Crippen LogP contribution in [-0.4, -0.2) is 11.2 Å². The molecule has 68 valence electrons. The van der Waals surface area contributed by atoms with Gasteiger partial charge in [-0.15, -0.1) is 0 Å².